The molecule has 0 aliphatic rings. The molecule has 2 aromatic heterocycles. The molecule has 0 aliphatic carbocycles. The second-order valence-corrected chi connectivity index (χ2v) is 6.46. The third-order valence-electron chi connectivity index (χ3n) is 4.63. The smallest absolute Gasteiger partial charge is 0.339 e. The fourth-order valence-electron chi connectivity index (χ4n) is 3.06. The van der Waals surface area contributed by atoms with Crippen LogP contribution in [0.5, 0.6) is 0 Å². The van der Waals surface area contributed by atoms with Crippen molar-refractivity contribution in [3.05, 3.63) is 45.5 Å². The van der Waals surface area contributed by atoms with Crippen LogP contribution >= 0.6 is 0 Å². The molecule has 0 radical (unpaired) electrons. The van der Waals surface area contributed by atoms with E-state index in [2.05, 4.69) is 12.2 Å². The molecule has 0 unspecified atom stereocenters. The highest BCUT2D eigenvalue weighted by Gasteiger charge is 2.15. The number of hydrogen-bond acceptors (Lipinski definition) is 4. The third-order valence-corrected chi connectivity index (χ3v) is 4.63. The first kappa shape index (κ1) is 17.3. The van der Waals surface area contributed by atoms with E-state index in [9.17, 15) is 9.59 Å². The second kappa shape index (κ2) is 7.13. The van der Waals surface area contributed by atoms with Gasteiger partial charge in [-0.25, -0.2) is 4.79 Å². The summed E-state index contributed by atoms with van der Waals surface area (Å²) in [6.45, 7) is 6.64. The van der Waals surface area contributed by atoms with E-state index in [4.69, 9.17) is 8.83 Å². The lowest BCUT2D eigenvalue weighted by atomic mass is 10.0. The van der Waals surface area contributed by atoms with Gasteiger partial charge in [0.2, 0.25) is 5.91 Å². The molecule has 2 heterocycles. The monoisotopic (exact) mass is 341 g/mol. The van der Waals surface area contributed by atoms with Crippen molar-refractivity contribution in [1.82, 2.24) is 5.32 Å². The minimum absolute atomic E-state index is 0.0338. The van der Waals surface area contributed by atoms with E-state index in [1.807, 2.05) is 19.9 Å². The number of furan rings is 1. The van der Waals surface area contributed by atoms with E-state index in [1.165, 1.54) is 0 Å². The summed E-state index contributed by atoms with van der Waals surface area (Å²) in [5.74, 6) is -0.0338. The maximum Gasteiger partial charge on any atom is 0.339 e. The number of hydrogen-bond donors (Lipinski definition) is 1. The van der Waals surface area contributed by atoms with Crippen molar-refractivity contribution >= 4 is 27.8 Å². The van der Waals surface area contributed by atoms with Crippen molar-refractivity contribution in [1.29, 1.82) is 0 Å². The molecule has 1 aromatic carbocycles. The number of rotatable bonds is 6. The van der Waals surface area contributed by atoms with Crippen molar-refractivity contribution in [3.63, 3.8) is 0 Å². The van der Waals surface area contributed by atoms with Gasteiger partial charge in [-0.15, -0.1) is 0 Å². The van der Waals surface area contributed by atoms with Crippen LogP contribution in [0.3, 0.4) is 0 Å². The van der Waals surface area contributed by atoms with Gasteiger partial charge in [-0.05, 0) is 43.9 Å². The van der Waals surface area contributed by atoms with Crippen LogP contribution < -0.4 is 10.9 Å². The van der Waals surface area contributed by atoms with Crippen molar-refractivity contribution in [2.24, 2.45) is 0 Å². The van der Waals surface area contributed by atoms with Gasteiger partial charge in [0.1, 0.15) is 11.2 Å². The Morgan fingerprint density at radius 3 is 2.72 bits per heavy atom. The Balaban J connectivity index is 1.90. The molecule has 1 amide bonds. The van der Waals surface area contributed by atoms with Crippen LogP contribution in [0.15, 0.2) is 32.0 Å². The normalized spacial score (nSPS) is 11.3. The first-order valence-corrected chi connectivity index (χ1v) is 8.72. The Hall–Kier alpha value is -2.56. The molecule has 0 fully saturated rings. The van der Waals surface area contributed by atoms with Gasteiger partial charge in [0.15, 0.2) is 0 Å². The van der Waals surface area contributed by atoms with Crippen LogP contribution in [-0.4, -0.2) is 12.5 Å². The van der Waals surface area contributed by atoms with Gasteiger partial charge in [-0.2, -0.15) is 0 Å². The van der Waals surface area contributed by atoms with Gasteiger partial charge in [-0.1, -0.05) is 13.3 Å². The molecule has 3 rings (SSSR count). The standard InChI is InChI=1S/C20H23NO4/c1-4-5-8-21-19(22)7-6-14-13(3)16-9-15-12(2)11-24-17(15)10-18(16)25-20(14)23/h9-11H,4-8H2,1-3H3,(H,21,22). The van der Waals surface area contributed by atoms with Gasteiger partial charge in [0.05, 0.1) is 6.26 Å². The summed E-state index contributed by atoms with van der Waals surface area (Å²) in [5, 5.41) is 4.77. The fourth-order valence-corrected chi connectivity index (χ4v) is 3.06. The first-order valence-electron chi connectivity index (χ1n) is 8.72. The minimum atomic E-state index is -0.381. The van der Waals surface area contributed by atoms with E-state index < -0.39 is 0 Å². The first-order chi connectivity index (χ1) is 12.0. The number of unbranched alkanes of at least 4 members (excludes halogenated alkanes) is 1. The quantitative estimate of drug-likeness (QED) is 0.543. The molecule has 0 atom stereocenters. The lowest BCUT2D eigenvalue weighted by Gasteiger charge is -2.08. The Bertz CT molecular complexity index is 981. The summed E-state index contributed by atoms with van der Waals surface area (Å²) < 4.78 is 11.0. The van der Waals surface area contributed by atoms with E-state index in [0.717, 1.165) is 34.7 Å². The van der Waals surface area contributed by atoms with Gasteiger partial charge < -0.3 is 14.2 Å². The van der Waals surface area contributed by atoms with Gasteiger partial charge in [-0.3, -0.25) is 4.79 Å². The van der Waals surface area contributed by atoms with Crippen molar-refractivity contribution in [2.75, 3.05) is 6.54 Å². The van der Waals surface area contributed by atoms with Crippen molar-refractivity contribution < 1.29 is 13.6 Å². The molecule has 0 bridgehead atoms. The number of aryl methyl sites for hydroxylation is 2. The maximum absolute atomic E-state index is 12.3. The van der Waals surface area contributed by atoms with E-state index in [-0.39, 0.29) is 18.0 Å². The molecule has 25 heavy (non-hydrogen) atoms. The lowest BCUT2D eigenvalue weighted by Crippen LogP contribution is -2.25. The number of carbonyl (C=O) groups excluding carboxylic acids is 1. The molecular formula is C20H23NO4. The van der Waals surface area contributed by atoms with Crippen molar-refractivity contribution in [2.45, 2.75) is 46.5 Å². The molecule has 0 spiro atoms. The Morgan fingerprint density at radius 2 is 1.96 bits per heavy atom. The summed E-state index contributed by atoms with van der Waals surface area (Å²) >= 11 is 0. The number of fused-ring (bicyclic) bond motifs is 2. The summed E-state index contributed by atoms with van der Waals surface area (Å²) in [6, 6.07) is 3.75. The molecule has 132 valence electrons. The molecule has 5 nitrogen and oxygen atoms in total. The highest BCUT2D eigenvalue weighted by molar-refractivity contribution is 5.96. The number of nitrogens with one attached hydrogen (secondary N) is 1. The highest BCUT2D eigenvalue weighted by atomic mass is 16.4. The largest absolute Gasteiger partial charge is 0.464 e. The Morgan fingerprint density at radius 1 is 1.16 bits per heavy atom. The van der Waals surface area contributed by atoms with Gasteiger partial charge >= 0.3 is 5.63 Å². The predicted molar refractivity (Wildman–Crippen MR) is 98.0 cm³/mol. The zero-order valence-electron chi connectivity index (χ0n) is 14.9. The molecule has 1 N–H and O–H groups in total. The molecule has 0 saturated carbocycles. The average Bonchev–Trinajstić information content (AvgIpc) is 2.94. The van der Waals surface area contributed by atoms with E-state index >= 15 is 0 Å². The van der Waals surface area contributed by atoms with Gasteiger partial charge in [0.25, 0.3) is 0 Å². The topological polar surface area (TPSA) is 72.5 Å². The molecule has 0 aliphatic heterocycles. The maximum atomic E-state index is 12.3. The predicted octanol–water partition coefficient (Wildman–Crippen LogP) is 4.00. The zero-order chi connectivity index (χ0) is 18.0. The van der Waals surface area contributed by atoms with E-state index in [1.54, 1.807) is 12.3 Å². The van der Waals surface area contributed by atoms with E-state index in [0.29, 0.717) is 29.7 Å². The third kappa shape index (κ3) is 3.45. The molecular weight excluding hydrogens is 318 g/mol. The molecule has 0 saturated heterocycles. The number of amides is 1. The van der Waals surface area contributed by atoms with Crippen LogP contribution in [-0.2, 0) is 11.2 Å². The lowest BCUT2D eigenvalue weighted by molar-refractivity contribution is -0.121. The Kier molecular flexibility index (Phi) is 4.93. The van der Waals surface area contributed by atoms with Crippen LogP contribution in [0.2, 0.25) is 0 Å². The van der Waals surface area contributed by atoms with Crippen LogP contribution in [0.4, 0.5) is 0 Å². The number of carbonyl (C=O) groups is 1. The zero-order valence-corrected chi connectivity index (χ0v) is 14.9. The fraction of sp³-hybridized carbons (Fsp3) is 0.400. The Labute approximate surface area is 146 Å². The SMILES string of the molecule is CCCCNC(=O)CCc1c(C)c2cc3c(C)coc3cc2oc1=O. The summed E-state index contributed by atoms with van der Waals surface area (Å²) in [7, 11) is 0. The summed E-state index contributed by atoms with van der Waals surface area (Å²) in [4.78, 5) is 24.2. The van der Waals surface area contributed by atoms with Gasteiger partial charge in [0, 0.05) is 35.4 Å². The second-order valence-electron chi connectivity index (χ2n) is 6.46. The van der Waals surface area contributed by atoms with Crippen molar-refractivity contribution in [3.8, 4) is 0 Å². The van der Waals surface area contributed by atoms with Crippen LogP contribution in [0.1, 0.15) is 42.9 Å². The molecule has 5 heteroatoms. The van der Waals surface area contributed by atoms with Crippen LogP contribution in [0, 0.1) is 13.8 Å². The van der Waals surface area contributed by atoms with Crippen LogP contribution in [0.25, 0.3) is 21.9 Å². The minimum Gasteiger partial charge on any atom is -0.464 e. The average molecular weight is 341 g/mol. The summed E-state index contributed by atoms with van der Waals surface area (Å²) in [6.07, 6.45) is 4.36. The number of benzene rings is 1. The highest BCUT2D eigenvalue weighted by Crippen LogP contribution is 2.28. The summed E-state index contributed by atoms with van der Waals surface area (Å²) in [5.41, 5.74) is 3.32. The molecule has 3 aromatic rings.